The van der Waals surface area contributed by atoms with Crippen molar-refractivity contribution in [2.75, 3.05) is 0 Å². The number of ether oxygens (including phenoxy) is 1. The molecule has 34 heavy (non-hydrogen) atoms. The number of halogens is 4. The zero-order valence-corrected chi connectivity index (χ0v) is 19.5. The quantitative estimate of drug-likeness (QED) is 0.163. The van der Waals surface area contributed by atoms with Gasteiger partial charge in [0.25, 0.3) is 0 Å². The van der Waals surface area contributed by atoms with Crippen LogP contribution in [0.4, 0.5) is 17.6 Å². The molecule has 0 aromatic heterocycles. The minimum atomic E-state index is -4.66. The summed E-state index contributed by atoms with van der Waals surface area (Å²) in [4.78, 5) is 0. The summed E-state index contributed by atoms with van der Waals surface area (Å²) in [6.07, 6.45) is 11.1. The van der Waals surface area contributed by atoms with E-state index in [4.69, 9.17) is 5.26 Å². The Balaban J connectivity index is 1.38. The average molecular weight is 476 g/mol. The van der Waals surface area contributed by atoms with Gasteiger partial charge in [-0.15, -0.1) is 13.2 Å². The van der Waals surface area contributed by atoms with E-state index in [1.165, 1.54) is 55.5 Å². The fraction of sp³-hybridized carbons (Fsp3) is 0.536. The third-order valence-electron chi connectivity index (χ3n) is 7.43. The number of hydrogen-bond donors (Lipinski definition) is 0. The molecule has 0 heterocycles. The maximum Gasteiger partial charge on any atom is 0.573 e. The molecule has 2 nitrogen and oxygen atoms in total. The third-order valence-corrected chi connectivity index (χ3v) is 7.43. The van der Waals surface area contributed by atoms with E-state index in [2.05, 4.69) is 11.3 Å². The van der Waals surface area contributed by atoms with E-state index < -0.39 is 12.2 Å². The highest BCUT2D eigenvalue weighted by atomic mass is 19.4. The first-order valence-electron chi connectivity index (χ1n) is 12.2. The lowest BCUT2D eigenvalue weighted by atomic mass is 9.69. The highest BCUT2D eigenvalue weighted by Gasteiger charge is 2.32. The SMILES string of the molecule is C=C(C1CCC(CC/C=C/C=C(\F)C#N)CC1)C1CCC(c2ccc(OC(F)(F)F)cc2)CC1. The standard InChI is InChI=1S/C28H33F4NO/c1-20(22-9-7-21(8-10-22)5-3-2-4-6-26(29)19-33)23-11-13-24(14-12-23)25-15-17-27(18-16-25)34-28(30,31)32/h2,4,6,15-18,21-24H,1,3,5,7-14H2/b4-2+,26-6-. The molecule has 2 aliphatic rings. The van der Waals surface area contributed by atoms with Crippen LogP contribution in [0.1, 0.15) is 75.7 Å². The van der Waals surface area contributed by atoms with Crippen molar-refractivity contribution in [1.82, 2.24) is 0 Å². The molecule has 3 rings (SSSR count). The Morgan fingerprint density at radius 1 is 1.00 bits per heavy atom. The first-order chi connectivity index (χ1) is 16.2. The van der Waals surface area contributed by atoms with Crippen LogP contribution in [0.15, 0.2) is 60.5 Å². The van der Waals surface area contributed by atoms with Crippen molar-refractivity contribution in [2.45, 2.75) is 76.5 Å². The van der Waals surface area contributed by atoms with E-state index >= 15 is 0 Å². The van der Waals surface area contributed by atoms with Gasteiger partial charge < -0.3 is 4.74 Å². The average Bonchev–Trinajstić information content (AvgIpc) is 2.83. The molecule has 0 unspecified atom stereocenters. The molecule has 0 saturated heterocycles. The largest absolute Gasteiger partial charge is 0.573 e. The van der Waals surface area contributed by atoms with Gasteiger partial charge in [-0.2, -0.15) is 9.65 Å². The number of allylic oxidation sites excluding steroid dienone is 5. The summed E-state index contributed by atoms with van der Waals surface area (Å²) >= 11 is 0. The molecule has 184 valence electrons. The summed E-state index contributed by atoms with van der Waals surface area (Å²) < 4.78 is 53.8. The molecule has 0 radical (unpaired) electrons. The van der Waals surface area contributed by atoms with Gasteiger partial charge in [-0.1, -0.05) is 36.4 Å². The lowest BCUT2D eigenvalue weighted by molar-refractivity contribution is -0.274. The van der Waals surface area contributed by atoms with Crippen LogP contribution < -0.4 is 4.74 Å². The fourth-order valence-electron chi connectivity index (χ4n) is 5.51. The van der Waals surface area contributed by atoms with Crippen LogP contribution in [0.5, 0.6) is 5.75 Å². The van der Waals surface area contributed by atoms with Crippen LogP contribution in [0.3, 0.4) is 0 Å². The minimum absolute atomic E-state index is 0.172. The molecule has 1 aromatic carbocycles. The Morgan fingerprint density at radius 2 is 1.59 bits per heavy atom. The van der Waals surface area contributed by atoms with Crippen molar-refractivity contribution < 1.29 is 22.3 Å². The monoisotopic (exact) mass is 475 g/mol. The molecule has 1 aromatic rings. The summed E-state index contributed by atoms with van der Waals surface area (Å²) in [5.74, 6) is 1.25. The van der Waals surface area contributed by atoms with E-state index in [9.17, 15) is 17.6 Å². The minimum Gasteiger partial charge on any atom is -0.406 e. The Labute approximate surface area is 200 Å². The Hall–Kier alpha value is -2.55. The van der Waals surface area contributed by atoms with Gasteiger partial charge in [0.1, 0.15) is 11.8 Å². The van der Waals surface area contributed by atoms with Gasteiger partial charge in [0.05, 0.1) is 0 Å². The highest BCUT2D eigenvalue weighted by molar-refractivity contribution is 5.30. The summed E-state index contributed by atoms with van der Waals surface area (Å²) in [5.41, 5.74) is 2.47. The van der Waals surface area contributed by atoms with E-state index in [0.29, 0.717) is 23.7 Å². The molecule has 6 heteroatoms. The normalized spacial score (nSPS) is 26.3. The summed E-state index contributed by atoms with van der Waals surface area (Å²) in [7, 11) is 0. The third kappa shape index (κ3) is 8.04. The maximum absolute atomic E-state index is 12.8. The predicted molar refractivity (Wildman–Crippen MR) is 126 cm³/mol. The van der Waals surface area contributed by atoms with Crippen molar-refractivity contribution in [3.8, 4) is 11.8 Å². The van der Waals surface area contributed by atoms with Crippen molar-refractivity contribution in [3.63, 3.8) is 0 Å². The van der Waals surface area contributed by atoms with E-state index in [-0.39, 0.29) is 5.75 Å². The molecule has 2 saturated carbocycles. The smallest absolute Gasteiger partial charge is 0.406 e. The Kier molecular flexibility index (Phi) is 9.38. The van der Waals surface area contributed by atoms with Crippen LogP contribution in [-0.2, 0) is 0 Å². The van der Waals surface area contributed by atoms with Crippen LogP contribution in [0.2, 0.25) is 0 Å². The van der Waals surface area contributed by atoms with Gasteiger partial charge >= 0.3 is 6.36 Å². The van der Waals surface area contributed by atoms with Gasteiger partial charge in [0.15, 0.2) is 5.83 Å². The number of nitriles is 1. The Morgan fingerprint density at radius 3 is 2.15 bits per heavy atom. The molecule has 2 fully saturated rings. The maximum atomic E-state index is 12.8. The van der Waals surface area contributed by atoms with Crippen LogP contribution >= 0.6 is 0 Å². The summed E-state index contributed by atoms with van der Waals surface area (Å²) in [6, 6.07) is 7.79. The zero-order chi connectivity index (χ0) is 24.6. The predicted octanol–water partition coefficient (Wildman–Crippen LogP) is 8.93. The van der Waals surface area contributed by atoms with Gasteiger partial charge in [0.2, 0.25) is 0 Å². The number of rotatable bonds is 8. The van der Waals surface area contributed by atoms with Gasteiger partial charge in [-0.3, -0.25) is 0 Å². The highest BCUT2D eigenvalue weighted by Crippen LogP contribution is 2.44. The van der Waals surface area contributed by atoms with Crippen molar-refractivity contribution in [3.05, 3.63) is 66.0 Å². The van der Waals surface area contributed by atoms with Gasteiger partial charge in [0, 0.05) is 0 Å². The van der Waals surface area contributed by atoms with E-state index in [0.717, 1.165) is 44.1 Å². The van der Waals surface area contributed by atoms with E-state index in [1.807, 2.05) is 6.08 Å². The molecular formula is C28H33F4NO. The molecule has 0 spiro atoms. The summed E-state index contributed by atoms with van der Waals surface area (Å²) in [5, 5.41) is 8.39. The van der Waals surface area contributed by atoms with Crippen LogP contribution in [0.25, 0.3) is 0 Å². The van der Waals surface area contributed by atoms with E-state index in [1.54, 1.807) is 18.2 Å². The number of nitrogens with zero attached hydrogens (tertiary/aromatic N) is 1. The second-order valence-corrected chi connectivity index (χ2v) is 9.59. The molecule has 0 amide bonds. The van der Waals surface area contributed by atoms with Crippen LogP contribution in [0, 0.1) is 29.1 Å². The molecule has 0 N–H and O–H groups in total. The van der Waals surface area contributed by atoms with Gasteiger partial charge in [-0.05, 0) is 112 Å². The zero-order valence-electron chi connectivity index (χ0n) is 19.5. The van der Waals surface area contributed by atoms with Crippen molar-refractivity contribution >= 4 is 0 Å². The second kappa shape index (κ2) is 12.2. The molecule has 0 aliphatic heterocycles. The van der Waals surface area contributed by atoms with Crippen LogP contribution in [-0.4, -0.2) is 6.36 Å². The molecular weight excluding hydrogens is 442 g/mol. The summed E-state index contributed by atoms with van der Waals surface area (Å²) in [6.45, 7) is 4.48. The van der Waals surface area contributed by atoms with Crippen molar-refractivity contribution in [1.29, 1.82) is 5.26 Å². The first-order valence-corrected chi connectivity index (χ1v) is 12.2. The Bertz CT molecular complexity index is 894. The molecule has 0 atom stereocenters. The number of benzene rings is 1. The van der Waals surface area contributed by atoms with Crippen molar-refractivity contribution in [2.24, 2.45) is 17.8 Å². The molecule has 0 bridgehead atoms. The molecule has 2 aliphatic carbocycles. The lowest BCUT2D eigenvalue weighted by Crippen LogP contribution is -2.22. The number of hydrogen-bond acceptors (Lipinski definition) is 2. The second-order valence-electron chi connectivity index (χ2n) is 9.59. The first kappa shape index (κ1) is 26.1. The number of alkyl halides is 3. The topological polar surface area (TPSA) is 33.0 Å². The lowest BCUT2D eigenvalue weighted by Gasteiger charge is -2.36. The van der Waals surface area contributed by atoms with Gasteiger partial charge in [-0.25, -0.2) is 0 Å². The fourth-order valence-corrected chi connectivity index (χ4v) is 5.51.